The molecule has 2 fully saturated rings. The predicted octanol–water partition coefficient (Wildman–Crippen LogP) is 0.774. The second kappa shape index (κ2) is 6.76. The molecule has 116 valence electrons. The summed E-state index contributed by atoms with van der Waals surface area (Å²) in [6.07, 6.45) is 3.00. The molecule has 0 unspecified atom stereocenters. The van der Waals surface area contributed by atoms with E-state index >= 15 is 0 Å². The molecule has 2 aliphatic rings. The van der Waals surface area contributed by atoms with Crippen LogP contribution in [0.1, 0.15) is 32.6 Å². The number of nitrogens with one attached hydrogen (secondary N) is 1. The first-order valence-electron chi connectivity index (χ1n) is 7.38. The Morgan fingerprint density at radius 3 is 2.25 bits per heavy atom. The van der Waals surface area contributed by atoms with Gasteiger partial charge in [0.2, 0.25) is 0 Å². The Morgan fingerprint density at radius 2 is 1.70 bits per heavy atom. The Bertz CT molecular complexity index is 416. The maximum Gasteiger partial charge on any atom is 0.409 e. The first kappa shape index (κ1) is 15.6. The van der Waals surface area contributed by atoms with Crippen LogP contribution in [0.25, 0.3) is 0 Å². The minimum Gasteiger partial charge on any atom is -0.450 e. The van der Waals surface area contributed by atoms with Crippen LogP contribution in [0, 0.1) is 0 Å². The van der Waals surface area contributed by atoms with Crippen molar-refractivity contribution < 1.29 is 17.9 Å². The van der Waals surface area contributed by atoms with Crippen LogP contribution < -0.4 is 5.32 Å². The summed E-state index contributed by atoms with van der Waals surface area (Å²) in [6.45, 7) is 3.64. The number of carbonyl (C=O) groups is 1. The van der Waals surface area contributed by atoms with Crippen LogP contribution in [0.5, 0.6) is 0 Å². The number of amides is 1. The minimum atomic E-state index is -2.79. The quantitative estimate of drug-likeness (QED) is 0.833. The molecule has 7 heteroatoms. The summed E-state index contributed by atoms with van der Waals surface area (Å²) >= 11 is 0. The fraction of sp³-hybridized carbons (Fsp3) is 0.923. The normalized spacial score (nSPS) is 24.6. The van der Waals surface area contributed by atoms with E-state index in [1.807, 2.05) is 6.92 Å². The average Bonchev–Trinajstić information content (AvgIpc) is 2.42. The molecule has 0 aromatic carbocycles. The Labute approximate surface area is 120 Å². The second-order valence-electron chi connectivity index (χ2n) is 5.55. The van der Waals surface area contributed by atoms with Gasteiger partial charge in [0.15, 0.2) is 0 Å². The third-order valence-electron chi connectivity index (χ3n) is 4.05. The highest BCUT2D eigenvalue weighted by Gasteiger charge is 2.28. The number of rotatable bonds is 3. The Hall–Kier alpha value is -0.820. The molecule has 2 saturated heterocycles. The maximum atomic E-state index is 11.6. The highest BCUT2D eigenvalue weighted by molar-refractivity contribution is 7.91. The van der Waals surface area contributed by atoms with Crippen LogP contribution >= 0.6 is 0 Å². The molecule has 2 aliphatic heterocycles. The van der Waals surface area contributed by atoms with E-state index in [2.05, 4.69) is 5.32 Å². The summed E-state index contributed by atoms with van der Waals surface area (Å²) in [7, 11) is -2.79. The van der Waals surface area contributed by atoms with E-state index < -0.39 is 9.84 Å². The molecule has 0 aliphatic carbocycles. The number of nitrogens with zero attached hydrogens (tertiary/aromatic N) is 1. The van der Waals surface area contributed by atoms with Crippen molar-refractivity contribution in [2.75, 3.05) is 31.2 Å². The number of sulfone groups is 1. The van der Waals surface area contributed by atoms with E-state index in [0.717, 1.165) is 12.8 Å². The zero-order chi connectivity index (χ0) is 14.6. The zero-order valence-corrected chi connectivity index (χ0v) is 12.8. The molecule has 0 atom stereocenters. The van der Waals surface area contributed by atoms with Gasteiger partial charge in [-0.3, -0.25) is 0 Å². The molecule has 0 aromatic heterocycles. The van der Waals surface area contributed by atoms with Gasteiger partial charge in [-0.1, -0.05) is 0 Å². The fourth-order valence-electron chi connectivity index (χ4n) is 2.83. The van der Waals surface area contributed by atoms with Crippen LogP contribution in [0.3, 0.4) is 0 Å². The van der Waals surface area contributed by atoms with E-state index in [1.54, 1.807) is 4.90 Å². The summed E-state index contributed by atoms with van der Waals surface area (Å²) in [4.78, 5) is 13.3. The van der Waals surface area contributed by atoms with Gasteiger partial charge in [-0.25, -0.2) is 13.2 Å². The predicted molar refractivity (Wildman–Crippen MR) is 76.4 cm³/mol. The number of hydrogen-bond acceptors (Lipinski definition) is 5. The highest BCUT2D eigenvalue weighted by Crippen LogP contribution is 2.17. The molecular formula is C13H24N2O4S. The van der Waals surface area contributed by atoms with Crippen LogP contribution in [-0.4, -0.2) is 62.7 Å². The molecular weight excluding hydrogens is 280 g/mol. The van der Waals surface area contributed by atoms with Gasteiger partial charge < -0.3 is 15.0 Å². The summed E-state index contributed by atoms with van der Waals surface area (Å²) in [5.74, 6) is 0.596. The lowest BCUT2D eigenvalue weighted by molar-refractivity contribution is 0.0940. The van der Waals surface area contributed by atoms with Crippen molar-refractivity contribution in [2.24, 2.45) is 0 Å². The highest BCUT2D eigenvalue weighted by atomic mass is 32.2. The van der Waals surface area contributed by atoms with Gasteiger partial charge in [0.1, 0.15) is 9.84 Å². The Balaban J connectivity index is 1.71. The van der Waals surface area contributed by atoms with E-state index in [1.165, 1.54) is 0 Å². The van der Waals surface area contributed by atoms with Gasteiger partial charge in [-0.15, -0.1) is 0 Å². The van der Waals surface area contributed by atoms with Crippen molar-refractivity contribution in [1.29, 1.82) is 0 Å². The van der Waals surface area contributed by atoms with Crippen molar-refractivity contribution in [3.8, 4) is 0 Å². The third-order valence-corrected chi connectivity index (χ3v) is 5.76. The molecule has 1 amide bonds. The first-order chi connectivity index (χ1) is 9.50. The lowest BCUT2D eigenvalue weighted by atomic mass is 10.0. The SMILES string of the molecule is CCOC(=O)N1CCC(NC2CCS(=O)(=O)CC2)CC1. The van der Waals surface area contributed by atoms with Crippen molar-refractivity contribution in [3.63, 3.8) is 0 Å². The van der Waals surface area contributed by atoms with E-state index in [0.29, 0.717) is 56.1 Å². The van der Waals surface area contributed by atoms with Gasteiger partial charge in [0.05, 0.1) is 18.1 Å². The summed E-state index contributed by atoms with van der Waals surface area (Å²) in [5, 5.41) is 3.54. The largest absolute Gasteiger partial charge is 0.450 e. The first-order valence-corrected chi connectivity index (χ1v) is 9.20. The Morgan fingerprint density at radius 1 is 1.15 bits per heavy atom. The smallest absolute Gasteiger partial charge is 0.409 e. The molecule has 0 bridgehead atoms. The number of piperidine rings is 1. The molecule has 2 heterocycles. The van der Waals surface area contributed by atoms with Crippen molar-refractivity contribution in [1.82, 2.24) is 10.2 Å². The fourth-order valence-corrected chi connectivity index (χ4v) is 4.32. The molecule has 0 aromatic rings. The molecule has 1 N–H and O–H groups in total. The maximum absolute atomic E-state index is 11.6. The average molecular weight is 304 g/mol. The lowest BCUT2D eigenvalue weighted by Crippen LogP contribution is -2.49. The summed E-state index contributed by atoms with van der Waals surface area (Å²) in [5.41, 5.74) is 0. The monoisotopic (exact) mass is 304 g/mol. The third kappa shape index (κ3) is 4.34. The number of hydrogen-bond donors (Lipinski definition) is 1. The Kier molecular flexibility index (Phi) is 5.26. The molecule has 6 nitrogen and oxygen atoms in total. The van der Waals surface area contributed by atoms with Crippen LogP contribution in [0.2, 0.25) is 0 Å². The molecule has 0 spiro atoms. The van der Waals surface area contributed by atoms with Gasteiger partial charge in [0.25, 0.3) is 0 Å². The summed E-state index contributed by atoms with van der Waals surface area (Å²) < 4.78 is 27.8. The van der Waals surface area contributed by atoms with Crippen molar-refractivity contribution in [3.05, 3.63) is 0 Å². The standard InChI is InChI=1S/C13H24N2O4S/c1-2-19-13(16)15-7-3-11(4-8-15)14-12-5-9-20(17,18)10-6-12/h11-12,14H,2-10H2,1H3. The summed E-state index contributed by atoms with van der Waals surface area (Å²) in [6, 6.07) is 0.684. The van der Waals surface area contributed by atoms with E-state index in [4.69, 9.17) is 4.74 Å². The van der Waals surface area contributed by atoms with Crippen LogP contribution in [0.4, 0.5) is 4.79 Å². The van der Waals surface area contributed by atoms with Gasteiger partial charge >= 0.3 is 6.09 Å². The van der Waals surface area contributed by atoms with Crippen LogP contribution in [0.15, 0.2) is 0 Å². The van der Waals surface area contributed by atoms with E-state index in [9.17, 15) is 13.2 Å². The number of ether oxygens (including phenoxy) is 1. The van der Waals surface area contributed by atoms with Gasteiger partial charge in [-0.05, 0) is 32.6 Å². The molecule has 20 heavy (non-hydrogen) atoms. The number of carbonyl (C=O) groups excluding carboxylic acids is 1. The van der Waals surface area contributed by atoms with Gasteiger partial charge in [-0.2, -0.15) is 0 Å². The second-order valence-corrected chi connectivity index (χ2v) is 7.86. The zero-order valence-electron chi connectivity index (χ0n) is 12.0. The molecule has 0 radical (unpaired) electrons. The number of likely N-dealkylation sites (tertiary alicyclic amines) is 1. The van der Waals surface area contributed by atoms with Gasteiger partial charge in [0, 0.05) is 25.2 Å². The van der Waals surface area contributed by atoms with Crippen molar-refractivity contribution >= 4 is 15.9 Å². The molecule has 2 rings (SSSR count). The molecule has 0 saturated carbocycles. The minimum absolute atomic E-state index is 0.227. The topological polar surface area (TPSA) is 75.7 Å². The van der Waals surface area contributed by atoms with E-state index in [-0.39, 0.29) is 6.09 Å². The van der Waals surface area contributed by atoms with Crippen LogP contribution in [-0.2, 0) is 14.6 Å². The lowest BCUT2D eigenvalue weighted by Gasteiger charge is -2.35. The van der Waals surface area contributed by atoms with Crippen molar-refractivity contribution in [2.45, 2.75) is 44.7 Å².